The lowest BCUT2D eigenvalue weighted by Crippen LogP contribution is -2.48. The number of aryl methyl sites for hydroxylation is 2. The van der Waals surface area contributed by atoms with Gasteiger partial charge in [-0.15, -0.1) is 0 Å². The number of furan rings is 1. The van der Waals surface area contributed by atoms with Crippen molar-refractivity contribution in [2.75, 3.05) is 7.05 Å². The SMILES string of the molecule is CNC(=O)C1(c2nc(-c3cc(C)oc3C)no2)CCC1. The van der Waals surface area contributed by atoms with Crippen LogP contribution in [0.5, 0.6) is 0 Å². The molecule has 6 nitrogen and oxygen atoms in total. The summed E-state index contributed by atoms with van der Waals surface area (Å²) in [5, 5.41) is 6.68. The molecule has 0 radical (unpaired) electrons. The standard InChI is InChI=1S/C14H17N3O3/c1-8-7-10(9(2)19-8)11-16-13(20-17-11)14(5-4-6-14)12(18)15-3/h7H,4-6H2,1-3H3,(H,15,18). The summed E-state index contributed by atoms with van der Waals surface area (Å²) in [6.45, 7) is 3.73. The van der Waals surface area contributed by atoms with Gasteiger partial charge in [-0.2, -0.15) is 4.98 Å². The first kappa shape index (κ1) is 12.9. The molecule has 1 aliphatic rings. The van der Waals surface area contributed by atoms with Gasteiger partial charge < -0.3 is 14.3 Å². The quantitative estimate of drug-likeness (QED) is 0.927. The normalized spacial score (nSPS) is 16.8. The van der Waals surface area contributed by atoms with Crippen molar-refractivity contribution in [2.24, 2.45) is 0 Å². The van der Waals surface area contributed by atoms with E-state index in [0.717, 1.165) is 36.3 Å². The topological polar surface area (TPSA) is 81.2 Å². The third kappa shape index (κ3) is 1.75. The van der Waals surface area contributed by atoms with Gasteiger partial charge in [0.2, 0.25) is 17.6 Å². The molecule has 2 aromatic rings. The molecule has 106 valence electrons. The molecule has 1 aliphatic carbocycles. The van der Waals surface area contributed by atoms with E-state index < -0.39 is 5.41 Å². The Hall–Kier alpha value is -2.11. The highest BCUT2D eigenvalue weighted by Gasteiger charge is 2.50. The average molecular weight is 275 g/mol. The van der Waals surface area contributed by atoms with Crippen molar-refractivity contribution in [1.29, 1.82) is 0 Å². The molecule has 2 heterocycles. The van der Waals surface area contributed by atoms with E-state index in [4.69, 9.17) is 8.94 Å². The van der Waals surface area contributed by atoms with Crippen molar-refractivity contribution < 1.29 is 13.7 Å². The van der Waals surface area contributed by atoms with Gasteiger partial charge in [-0.1, -0.05) is 11.6 Å². The van der Waals surface area contributed by atoms with Gasteiger partial charge >= 0.3 is 0 Å². The molecule has 0 saturated heterocycles. The Morgan fingerprint density at radius 2 is 2.15 bits per heavy atom. The molecule has 1 fully saturated rings. The van der Waals surface area contributed by atoms with Gasteiger partial charge in [0.1, 0.15) is 16.9 Å². The second-order valence-corrected chi connectivity index (χ2v) is 5.26. The first-order valence-electron chi connectivity index (χ1n) is 6.70. The van der Waals surface area contributed by atoms with Crippen molar-refractivity contribution >= 4 is 5.91 Å². The lowest BCUT2D eigenvalue weighted by atomic mass is 9.68. The van der Waals surface area contributed by atoms with E-state index in [9.17, 15) is 4.79 Å². The maximum atomic E-state index is 12.1. The molecule has 2 aromatic heterocycles. The molecule has 1 saturated carbocycles. The predicted molar refractivity (Wildman–Crippen MR) is 71.1 cm³/mol. The van der Waals surface area contributed by atoms with Crippen molar-refractivity contribution in [3.05, 3.63) is 23.5 Å². The Labute approximate surface area is 116 Å². The molecule has 0 aromatic carbocycles. The van der Waals surface area contributed by atoms with E-state index in [1.807, 2.05) is 19.9 Å². The van der Waals surface area contributed by atoms with Crippen molar-refractivity contribution in [3.8, 4) is 11.4 Å². The molecule has 1 N–H and O–H groups in total. The van der Waals surface area contributed by atoms with Gasteiger partial charge in [0.15, 0.2) is 0 Å². The molecule has 0 spiro atoms. The van der Waals surface area contributed by atoms with E-state index in [-0.39, 0.29) is 5.91 Å². The fourth-order valence-corrected chi connectivity index (χ4v) is 2.69. The van der Waals surface area contributed by atoms with E-state index in [1.165, 1.54) is 0 Å². The summed E-state index contributed by atoms with van der Waals surface area (Å²) in [5.41, 5.74) is 0.163. The highest BCUT2D eigenvalue weighted by atomic mass is 16.5. The maximum absolute atomic E-state index is 12.1. The highest BCUT2D eigenvalue weighted by Crippen LogP contribution is 2.43. The second kappa shape index (κ2) is 4.47. The largest absolute Gasteiger partial charge is 0.466 e. The van der Waals surface area contributed by atoms with Gasteiger partial charge in [0, 0.05) is 7.05 Å². The van der Waals surface area contributed by atoms with Gasteiger partial charge in [-0.05, 0) is 32.8 Å². The molecule has 0 atom stereocenters. The molecule has 0 aliphatic heterocycles. The summed E-state index contributed by atoms with van der Waals surface area (Å²) >= 11 is 0. The Balaban J connectivity index is 1.98. The molecule has 3 rings (SSSR count). The number of hydrogen-bond acceptors (Lipinski definition) is 5. The fraction of sp³-hybridized carbons (Fsp3) is 0.500. The van der Waals surface area contributed by atoms with Crippen LogP contribution >= 0.6 is 0 Å². The van der Waals surface area contributed by atoms with Crippen LogP contribution in [-0.4, -0.2) is 23.1 Å². The van der Waals surface area contributed by atoms with Crippen molar-refractivity contribution in [1.82, 2.24) is 15.5 Å². The fourth-order valence-electron chi connectivity index (χ4n) is 2.69. The molecule has 20 heavy (non-hydrogen) atoms. The molecular formula is C14H17N3O3. The van der Waals surface area contributed by atoms with Crippen LogP contribution in [0.4, 0.5) is 0 Å². The Morgan fingerprint density at radius 1 is 1.40 bits per heavy atom. The minimum atomic E-state index is -0.646. The van der Waals surface area contributed by atoms with E-state index in [2.05, 4.69) is 15.5 Å². The highest BCUT2D eigenvalue weighted by molar-refractivity contribution is 5.87. The molecule has 0 unspecified atom stereocenters. The van der Waals surface area contributed by atoms with Crippen LogP contribution in [0.15, 0.2) is 15.0 Å². The van der Waals surface area contributed by atoms with Gasteiger partial charge in [0.05, 0.1) is 5.56 Å². The zero-order valence-electron chi connectivity index (χ0n) is 11.8. The second-order valence-electron chi connectivity index (χ2n) is 5.26. The molecule has 0 bridgehead atoms. The van der Waals surface area contributed by atoms with Crippen molar-refractivity contribution in [3.63, 3.8) is 0 Å². The third-order valence-electron chi connectivity index (χ3n) is 3.99. The van der Waals surface area contributed by atoms with E-state index in [1.54, 1.807) is 7.05 Å². The van der Waals surface area contributed by atoms with Crippen LogP contribution in [0, 0.1) is 13.8 Å². The third-order valence-corrected chi connectivity index (χ3v) is 3.99. The first-order chi connectivity index (χ1) is 9.56. The van der Waals surface area contributed by atoms with Gasteiger partial charge in [-0.25, -0.2) is 0 Å². The van der Waals surface area contributed by atoms with Gasteiger partial charge in [-0.3, -0.25) is 4.79 Å². The lowest BCUT2D eigenvalue weighted by Gasteiger charge is -2.35. The van der Waals surface area contributed by atoms with Crippen LogP contribution in [0.3, 0.4) is 0 Å². The number of likely N-dealkylation sites (N-methyl/N-ethyl adjacent to an activating group) is 1. The summed E-state index contributed by atoms with van der Waals surface area (Å²) in [6, 6.07) is 1.87. The summed E-state index contributed by atoms with van der Waals surface area (Å²) in [6.07, 6.45) is 2.49. The maximum Gasteiger partial charge on any atom is 0.242 e. The van der Waals surface area contributed by atoms with Crippen LogP contribution in [0.1, 0.15) is 36.7 Å². The number of carbonyl (C=O) groups excluding carboxylic acids is 1. The Morgan fingerprint density at radius 3 is 2.65 bits per heavy atom. The minimum Gasteiger partial charge on any atom is -0.466 e. The lowest BCUT2D eigenvalue weighted by molar-refractivity contribution is -0.130. The van der Waals surface area contributed by atoms with Crippen LogP contribution in [0.2, 0.25) is 0 Å². The zero-order valence-corrected chi connectivity index (χ0v) is 11.8. The first-order valence-corrected chi connectivity index (χ1v) is 6.70. The number of carbonyl (C=O) groups is 1. The molecule has 1 amide bonds. The Kier molecular flexibility index (Phi) is 2.88. The van der Waals surface area contributed by atoms with Gasteiger partial charge in [0.25, 0.3) is 0 Å². The van der Waals surface area contributed by atoms with E-state index in [0.29, 0.717) is 11.7 Å². The predicted octanol–water partition coefficient (Wildman–Crippen LogP) is 2.11. The van der Waals surface area contributed by atoms with Crippen molar-refractivity contribution in [2.45, 2.75) is 38.5 Å². The number of rotatable bonds is 3. The van der Waals surface area contributed by atoms with E-state index >= 15 is 0 Å². The number of aromatic nitrogens is 2. The summed E-state index contributed by atoms with van der Waals surface area (Å²) in [7, 11) is 1.63. The van der Waals surface area contributed by atoms with Crippen LogP contribution < -0.4 is 5.32 Å². The minimum absolute atomic E-state index is 0.0564. The number of amides is 1. The molecular weight excluding hydrogens is 258 g/mol. The summed E-state index contributed by atoms with van der Waals surface area (Å²) in [5.74, 6) is 2.37. The summed E-state index contributed by atoms with van der Waals surface area (Å²) in [4.78, 5) is 16.5. The monoisotopic (exact) mass is 275 g/mol. The Bertz CT molecular complexity index is 652. The number of nitrogens with one attached hydrogen (secondary N) is 1. The number of nitrogens with zero attached hydrogens (tertiary/aromatic N) is 2. The summed E-state index contributed by atoms with van der Waals surface area (Å²) < 4.78 is 10.8. The smallest absolute Gasteiger partial charge is 0.242 e. The van der Waals surface area contributed by atoms with Crippen LogP contribution in [-0.2, 0) is 10.2 Å². The zero-order chi connectivity index (χ0) is 14.3. The average Bonchev–Trinajstić information content (AvgIpc) is 2.94. The molecule has 6 heteroatoms. The number of hydrogen-bond donors (Lipinski definition) is 1. The van der Waals surface area contributed by atoms with Crippen LogP contribution in [0.25, 0.3) is 11.4 Å².